The average Bonchev–Trinajstić information content (AvgIpc) is 2.56. The summed E-state index contributed by atoms with van der Waals surface area (Å²) in [7, 11) is 0. The van der Waals surface area contributed by atoms with Gasteiger partial charge in [-0.25, -0.2) is 4.39 Å². The number of ether oxygens (including phenoxy) is 1. The number of hydrogen-bond acceptors (Lipinski definition) is 2. The Morgan fingerprint density at radius 1 is 1.36 bits per heavy atom. The van der Waals surface area contributed by atoms with E-state index in [4.69, 9.17) is 16.3 Å². The zero-order valence-corrected chi connectivity index (χ0v) is 8.30. The van der Waals surface area contributed by atoms with Gasteiger partial charge in [0.2, 0.25) is 0 Å². The molecule has 0 aromatic heterocycles. The predicted molar refractivity (Wildman–Crippen MR) is 54.0 cm³/mol. The number of halogens is 2. The van der Waals surface area contributed by atoms with Crippen molar-refractivity contribution in [1.82, 2.24) is 0 Å². The van der Waals surface area contributed by atoms with Gasteiger partial charge in [-0.15, -0.1) is 0 Å². The molecule has 2 nitrogen and oxygen atoms in total. The van der Waals surface area contributed by atoms with Gasteiger partial charge in [0.25, 0.3) is 0 Å². The van der Waals surface area contributed by atoms with Crippen molar-refractivity contribution in [2.45, 2.75) is 18.0 Å². The van der Waals surface area contributed by atoms with Gasteiger partial charge in [0.15, 0.2) is 5.56 Å². The number of rotatable bonds is 2. The largest absolute Gasteiger partial charge is 0.378 e. The van der Waals surface area contributed by atoms with Crippen molar-refractivity contribution in [2.75, 3.05) is 11.9 Å². The van der Waals surface area contributed by atoms with E-state index in [9.17, 15) is 4.39 Å². The van der Waals surface area contributed by atoms with Crippen molar-refractivity contribution in [3.63, 3.8) is 0 Å². The van der Waals surface area contributed by atoms with Gasteiger partial charge < -0.3 is 10.1 Å². The van der Waals surface area contributed by atoms with E-state index < -0.39 is 0 Å². The molecule has 2 rings (SSSR count). The first kappa shape index (κ1) is 9.74. The van der Waals surface area contributed by atoms with Crippen LogP contribution in [0.4, 0.5) is 10.1 Å². The standard InChI is InChI=1S/C10H11ClFNO/c11-10-9(5-6-14-10)13-8-3-1-7(12)2-4-8/h1-4,9-10,13H,5-6H2. The quantitative estimate of drug-likeness (QED) is 0.766. The molecule has 0 saturated carbocycles. The molecule has 0 amide bonds. The molecule has 0 spiro atoms. The Labute approximate surface area is 87.0 Å². The van der Waals surface area contributed by atoms with Crippen molar-refractivity contribution in [2.24, 2.45) is 0 Å². The molecule has 0 radical (unpaired) electrons. The maximum atomic E-state index is 12.6. The summed E-state index contributed by atoms with van der Waals surface area (Å²) in [5.74, 6) is -0.236. The van der Waals surface area contributed by atoms with Gasteiger partial charge in [0.1, 0.15) is 5.82 Å². The molecule has 0 aliphatic carbocycles. The SMILES string of the molecule is Fc1ccc(NC2CCOC2Cl)cc1. The molecule has 1 aliphatic heterocycles. The molecule has 1 saturated heterocycles. The summed E-state index contributed by atoms with van der Waals surface area (Å²) in [6.45, 7) is 0.674. The highest BCUT2D eigenvalue weighted by molar-refractivity contribution is 6.20. The second-order valence-electron chi connectivity index (χ2n) is 3.27. The molecule has 1 aliphatic rings. The minimum Gasteiger partial charge on any atom is -0.378 e. The molecular formula is C10H11ClFNO. The number of nitrogens with one attached hydrogen (secondary N) is 1. The lowest BCUT2D eigenvalue weighted by molar-refractivity contribution is 0.165. The monoisotopic (exact) mass is 215 g/mol. The van der Waals surface area contributed by atoms with E-state index >= 15 is 0 Å². The molecule has 2 unspecified atom stereocenters. The lowest BCUT2D eigenvalue weighted by atomic mass is 10.2. The Morgan fingerprint density at radius 2 is 2.07 bits per heavy atom. The van der Waals surface area contributed by atoms with E-state index in [0.29, 0.717) is 6.61 Å². The second kappa shape index (κ2) is 4.15. The van der Waals surface area contributed by atoms with Gasteiger partial charge in [-0.05, 0) is 30.7 Å². The zero-order chi connectivity index (χ0) is 9.97. The van der Waals surface area contributed by atoms with Crippen LogP contribution >= 0.6 is 11.6 Å². The third-order valence-corrected chi connectivity index (χ3v) is 2.65. The molecular weight excluding hydrogens is 205 g/mol. The molecule has 76 valence electrons. The fourth-order valence-corrected chi connectivity index (χ4v) is 1.73. The molecule has 1 aromatic rings. The zero-order valence-electron chi connectivity index (χ0n) is 7.54. The maximum absolute atomic E-state index is 12.6. The lowest BCUT2D eigenvalue weighted by Gasteiger charge is -2.15. The summed E-state index contributed by atoms with van der Waals surface area (Å²) < 4.78 is 17.8. The highest BCUT2D eigenvalue weighted by Crippen LogP contribution is 2.21. The van der Waals surface area contributed by atoms with Gasteiger partial charge in [-0.1, -0.05) is 11.6 Å². The smallest absolute Gasteiger partial charge is 0.151 e. The van der Waals surface area contributed by atoms with E-state index in [1.165, 1.54) is 12.1 Å². The Balaban J connectivity index is 2.00. The van der Waals surface area contributed by atoms with Crippen LogP contribution in [0.25, 0.3) is 0 Å². The van der Waals surface area contributed by atoms with Crippen molar-refractivity contribution in [3.8, 4) is 0 Å². The third-order valence-electron chi connectivity index (χ3n) is 2.22. The van der Waals surface area contributed by atoms with E-state index in [2.05, 4.69) is 5.32 Å². The molecule has 1 fully saturated rings. The summed E-state index contributed by atoms with van der Waals surface area (Å²) in [5.41, 5.74) is 0.576. The Hall–Kier alpha value is -0.800. The van der Waals surface area contributed by atoms with Crippen LogP contribution in [-0.2, 0) is 4.74 Å². The fourth-order valence-electron chi connectivity index (χ4n) is 1.45. The Bertz CT molecular complexity index is 303. The van der Waals surface area contributed by atoms with Gasteiger partial charge >= 0.3 is 0 Å². The van der Waals surface area contributed by atoms with Crippen LogP contribution in [0, 0.1) is 5.82 Å². The molecule has 0 bridgehead atoms. The highest BCUT2D eigenvalue weighted by atomic mass is 35.5. The third kappa shape index (κ3) is 2.16. The van der Waals surface area contributed by atoms with Crippen LogP contribution in [0.1, 0.15) is 6.42 Å². The van der Waals surface area contributed by atoms with Crippen LogP contribution in [0.3, 0.4) is 0 Å². The average molecular weight is 216 g/mol. The van der Waals surface area contributed by atoms with Gasteiger partial charge in [0, 0.05) is 5.69 Å². The predicted octanol–water partition coefficient (Wildman–Crippen LogP) is 2.59. The van der Waals surface area contributed by atoms with E-state index in [1.807, 2.05) is 0 Å². The van der Waals surface area contributed by atoms with Gasteiger partial charge in [0.05, 0.1) is 12.6 Å². The van der Waals surface area contributed by atoms with Crippen LogP contribution < -0.4 is 5.32 Å². The number of hydrogen-bond donors (Lipinski definition) is 1. The van der Waals surface area contributed by atoms with Crippen molar-refractivity contribution in [3.05, 3.63) is 30.1 Å². The van der Waals surface area contributed by atoms with E-state index in [0.717, 1.165) is 12.1 Å². The summed E-state index contributed by atoms with van der Waals surface area (Å²) in [4.78, 5) is 0. The van der Waals surface area contributed by atoms with Crippen LogP contribution in [0.5, 0.6) is 0 Å². The summed E-state index contributed by atoms with van der Waals surface area (Å²) in [6, 6.07) is 6.33. The minimum atomic E-state index is -0.292. The lowest BCUT2D eigenvalue weighted by Crippen LogP contribution is -2.24. The van der Waals surface area contributed by atoms with Crippen molar-refractivity contribution >= 4 is 17.3 Å². The van der Waals surface area contributed by atoms with E-state index in [1.54, 1.807) is 12.1 Å². The summed E-state index contributed by atoms with van der Waals surface area (Å²) >= 11 is 5.90. The fraction of sp³-hybridized carbons (Fsp3) is 0.400. The summed E-state index contributed by atoms with van der Waals surface area (Å²) in [6.07, 6.45) is 0.880. The van der Waals surface area contributed by atoms with Gasteiger partial charge in [-0.2, -0.15) is 0 Å². The minimum absolute atomic E-state index is 0.113. The number of alkyl halides is 1. The number of anilines is 1. The van der Waals surface area contributed by atoms with Crippen molar-refractivity contribution < 1.29 is 9.13 Å². The van der Waals surface area contributed by atoms with Crippen LogP contribution in [0.15, 0.2) is 24.3 Å². The van der Waals surface area contributed by atoms with Crippen LogP contribution in [-0.4, -0.2) is 18.2 Å². The molecule has 2 atom stereocenters. The number of benzene rings is 1. The first-order valence-corrected chi connectivity index (χ1v) is 4.97. The summed E-state index contributed by atoms with van der Waals surface area (Å²) in [5, 5.41) is 3.19. The topological polar surface area (TPSA) is 21.3 Å². The molecule has 1 N–H and O–H groups in total. The first-order valence-electron chi connectivity index (χ1n) is 4.53. The molecule has 1 aromatic carbocycles. The highest BCUT2D eigenvalue weighted by Gasteiger charge is 2.25. The van der Waals surface area contributed by atoms with Crippen molar-refractivity contribution in [1.29, 1.82) is 0 Å². The normalized spacial score (nSPS) is 26.4. The molecule has 4 heteroatoms. The second-order valence-corrected chi connectivity index (χ2v) is 3.70. The van der Waals surface area contributed by atoms with Crippen LogP contribution in [0.2, 0.25) is 0 Å². The van der Waals surface area contributed by atoms with E-state index in [-0.39, 0.29) is 17.4 Å². The maximum Gasteiger partial charge on any atom is 0.151 e. The molecule has 14 heavy (non-hydrogen) atoms. The Morgan fingerprint density at radius 3 is 2.64 bits per heavy atom. The Kier molecular flexibility index (Phi) is 2.89. The van der Waals surface area contributed by atoms with Gasteiger partial charge in [-0.3, -0.25) is 0 Å². The molecule has 1 heterocycles. The first-order chi connectivity index (χ1) is 6.75.